The summed E-state index contributed by atoms with van der Waals surface area (Å²) in [6, 6.07) is 3.02. The van der Waals surface area contributed by atoms with Gasteiger partial charge in [-0.05, 0) is 28.1 Å². The SMILES string of the molecule is CONc1cc(Br)c(N)c(C(=O)O)c1. The quantitative estimate of drug-likeness (QED) is 0.569. The Morgan fingerprint density at radius 2 is 2.29 bits per heavy atom. The summed E-state index contributed by atoms with van der Waals surface area (Å²) in [5.74, 6) is -1.08. The van der Waals surface area contributed by atoms with Crippen molar-refractivity contribution < 1.29 is 14.7 Å². The molecule has 0 saturated heterocycles. The molecule has 0 aromatic heterocycles. The second-order valence-electron chi connectivity index (χ2n) is 2.53. The second-order valence-corrected chi connectivity index (χ2v) is 3.38. The summed E-state index contributed by atoms with van der Waals surface area (Å²) in [7, 11) is 1.44. The molecule has 0 bridgehead atoms. The van der Waals surface area contributed by atoms with Crippen LogP contribution in [-0.2, 0) is 4.84 Å². The van der Waals surface area contributed by atoms with Crippen LogP contribution in [-0.4, -0.2) is 18.2 Å². The van der Waals surface area contributed by atoms with E-state index in [-0.39, 0.29) is 11.3 Å². The number of nitrogens with one attached hydrogen (secondary N) is 1. The zero-order valence-electron chi connectivity index (χ0n) is 7.37. The van der Waals surface area contributed by atoms with Crippen molar-refractivity contribution in [2.75, 3.05) is 18.3 Å². The zero-order chi connectivity index (χ0) is 10.7. The molecule has 0 aliphatic carbocycles. The van der Waals surface area contributed by atoms with Crippen molar-refractivity contribution in [1.82, 2.24) is 0 Å². The minimum Gasteiger partial charge on any atom is -0.478 e. The van der Waals surface area contributed by atoms with E-state index in [1.54, 1.807) is 6.07 Å². The van der Waals surface area contributed by atoms with Crippen molar-refractivity contribution >= 4 is 33.3 Å². The van der Waals surface area contributed by atoms with E-state index in [9.17, 15) is 4.79 Å². The van der Waals surface area contributed by atoms with E-state index in [0.29, 0.717) is 10.2 Å². The van der Waals surface area contributed by atoms with Crippen molar-refractivity contribution in [2.24, 2.45) is 0 Å². The average Bonchev–Trinajstić information content (AvgIpc) is 2.11. The fourth-order valence-electron chi connectivity index (χ4n) is 0.972. The first-order valence-corrected chi connectivity index (χ1v) is 4.47. The van der Waals surface area contributed by atoms with E-state index in [0.717, 1.165) is 0 Å². The second kappa shape index (κ2) is 4.30. The molecule has 4 N–H and O–H groups in total. The van der Waals surface area contributed by atoms with Crippen molar-refractivity contribution in [3.8, 4) is 0 Å². The van der Waals surface area contributed by atoms with E-state index in [1.807, 2.05) is 0 Å². The molecular formula is C8H9BrN2O3. The number of carboxylic acids is 1. The van der Waals surface area contributed by atoms with Gasteiger partial charge in [-0.1, -0.05) is 0 Å². The third-order valence-corrected chi connectivity index (χ3v) is 2.24. The first kappa shape index (κ1) is 10.8. The van der Waals surface area contributed by atoms with Crippen molar-refractivity contribution in [1.29, 1.82) is 0 Å². The topological polar surface area (TPSA) is 84.6 Å². The molecule has 0 heterocycles. The molecule has 5 nitrogen and oxygen atoms in total. The highest BCUT2D eigenvalue weighted by molar-refractivity contribution is 9.10. The van der Waals surface area contributed by atoms with Gasteiger partial charge in [-0.3, -0.25) is 10.3 Å². The predicted molar refractivity (Wildman–Crippen MR) is 56.1 cm³/mol. The number of hydrogen-bond donors (Lipinski definition) is 3. The monoisotopic (exact) mass is 260 g/mol. The highest BCUT2D eigenvalue weighted by atomic mass is 79.9. The average molecular weight is 261 g/mol. The van der Waals surface area contributed by atoms with Crippen LogP contribution < -0.4 is 11.2 Å². The van der Waals surface area contributed by atoms with Gasteiger partial charge in [-0.15, -0.1) is 0 Å². The van der Waals surface area contributed by atoms with Gasteiger partial charge < -0.3 is 10.8 Å². The van der Waals surface area contributed by atoms with Gasteiger partial charge in [-0.2, -0.15) is 0 Å². The van der Waals surface area contributed by atoms with E-state index in [4.69, 9.17) is 10.8 Å². The Balaban J connectivity index is 3.21. The smallest absolute Gasteiger partial charge is 0.337 e. The summed E-state index contributed by atoms with van der Waals surface area (Å²) in [6.45, 7) is 0. The molecule has 14 heavy (non-hydrogen) atoms. The number of carboxylic acid groups (broad SMARTS) is 1. The molecule has 1 aromatic carbocycles. The van der Waals surface area contributed by atoms with E-state index in [2.05, 4.69) is 26.2 Å². The third kappa shape index (κ3) is 2.15. The van der Waals surface area contributed by atoms with Crippen molar-refractivity contribution in [2.45, 2.75) is 0 Å². The van der Waals surface area contributed by atoms with Crippen LogP contribution in [0.4, 0.5) is 11.4 Å². The molecular weight excluding hydrogens is 252 g/mol. The van der Waals surface area contributed by atoms with Crippen LogP contribution in [0, 0.1) is 0 Å². The van der Waals surface area contributed by atoms with Crippen LogP contribution in [0.1, 0.15) is 10.4 Å². The lowest BCUT2D eigenvalue weighted by atomic mass is 10.1. The number of nitrogens with two attached hydrogens (primary N) is 1. The van der Waals surface area contributed by atoms with Crippen LogP contribution in [0.2, 0.25) is 0 Å². The van der Waals surface area contributed by atoms with Gasteiger partial charge in [0.15, 0.2) is 0 Å². The normalized spacial score (nSPS) is 9.86. The summed E-state index contributed by atoms with van der Waals surface area (Å²) < 4.78 is 0.511. The predicted octanol–water partition coefficient (Wildman–Crippen LogP) is 1.70. The fraction of sp³-hybridized carbons (Fsp3) is 0.125. The maximum Gasteiger partial charge on any atom is 0.337 e. The van der Waals surface area contributed by atoms with Gasteiger partial charge in [0.05, 0.1) is 24.0 Å². The molecule has 6 heteroatoms. The van der Waals surface area contributed by atoms with Gasteiger partial charge in [0.25, 0.3) is 0 Å². The highest BCUT2D eigenvalue weighted by Crippen LogP contribution is 2.27. The van der Waals surface area contributed by atoms with E-state index >= 15 is 0 Å². The van der Waals surface area contributed by atoms with Gasteiger partial charge in [-0.25, -0.2) is 4.79 Å². The molecule has 0 amide bonds. The molecule has 0 spiro atoms. The maximum absolute atomic E-state index is 10.8. The number of benzene rings is 1. The summed E-state index contributed by atoms with van der Waals surface area (Å²) >= 11 is 3.15. The van der Waals surface area contributed by atoms with Crippen molar-refractivity contribution in [3.05, 3.63) is 22.2 Å². The third-order valence-electron chi connectivity index (χ3n) is 1.58. The number of anilines is 2. The zero-order valence-corrected chi connectivity index (χ0v) is 8.96. The molecule has 0 aliphatic heterocycles. The Labute approximate surface area is 88.9 Å². The minimum atomic E-state index is -1.08. The first-order valence-electron chi connectivity index (χ1n) is 3.67. The molecule has 0 fully saturated rings. The van der Waals surface area contributed by atoms with Crippen LogP contribution in [0.25, 0.3) is 0 Å². The van der Waals surface area contributed by atoms with Gasteiger partial charge in [0.1, 0.15) is 0 Å². The lowest BCUT2D eigenvalue weighted by Crippen LogP contribution is -2.05. The lowest BCUT2D eigenvalue weighted by molar-refractivity contribution is 0.0698. The summed E-state index contributed by atoms with van der Waals surface area (Å²) in [5, 5.41) is 8.81. The number of nitrogen functional groups attached to an aromatic ring is 1. The Bertz CT molecular complexity index is 368. The number of rotatable bonds is 3. The van der Waals surface area contributed by atoms with Crippen LogP contribution >= 0.6 is 15.9 Å². The van der Waals surface area contributed by atoms with Crippen LogP contribution in [0.5, 0.6) is 0 Å². The number of aromatic carboxylic acids is 1. The molecule has 0 aliphatic rings. The lowest BCUT2D eigenvalue weighted by Gasteiger charge is -2.08. The molecule has 0 atom stereocenters. The molecule has 0 radical (unpaired) electrons. The highest BCUT2D eigenvalue weighted by Gasteiger charge is 2.12. The first-order chi connectivity index (χ1) is 6.56. The Hall–Kier alpha value is -1.27. The van der Waals surface area contributed by atoms with Gasteiger partial charge in [0, 0.05) is 4.47 Å². The summed E-state index contributed by atoms with van der Waals surface area (Å²) in [6.07, 6.45) is 0. The summed E-state index contributed by atoms with van der Waals surface area (Å²) in [5.41, 5.74) is 8.81. The fourth-order valence-corrected chi connectivity index (χ4v) is 1.43. The van der Waals surface area contributed by atoms with Gasteiger partial charge >= 0.3 is 5.97 Å². The molecule has 76 valence electrons. The number of carbonyl (C=O) groups is 1. The molecule has 0 saturated carbocycles. The maximum atomic E-state index is 10.8. The Morgan fingerprint density at radius 1 is 1.64 bits per heavy atom. The minimum absolute atomic E-state index is 0.0268. The molecule has 1 rings (SSSR count). The number of hydrogen-bond acceptors (Lipinski definition) is 4. The molecule has 1 aromatic rings. The van der Waals surface area contributed by atoms with Crippen LogP contribution in [0.15, 0.2) is 16.6 Å². The Kier molecular flexibility index (Phi) is 3.32. The largest absolute Gasteiger partial charge is 0.478 e. The Morgan fingerprint density at radius 3 is 2.79 bits per heavy atom. The van der Waals surface area contributed by atoms with E-state index < -0.39 is 5.97 Å². The van der Waals surface area contributed by atoms with Gasteiger partial charge in [0.2, 0.25) is 0 Å². The van der Waals surface area contributed by atoms with Crippen molar-refractivity contribution in [3.63, 3.8) is 0 Å². The standard InChI is InChI=1S/C8H9BrN2O3/c1-14-11-4-2-5(8(12)13)7(10)6(9)3-4/h2-3,11H,10H2,1H3,(H,12,13). The molecule has 0 unspecified atom stereocenters. The van der Waals surface area contributed by atoms with Crippen LogP contribution in [0.3, 0.4) is 0 Å². The summed E-state index contributed by atoms with van der Waals surface area (Å²) in [4.78, 5) is 15.4. The van der Waals surface area contributed by atoms with E-state index in [1.165, 1.54) is 13.2 Å². The number of halogens is 1.